The first-order valence-corrected chi connectivity index (χ1v) is 9.83. The van der Waals surface area contributed by atoms with Gasteiger partial charge in [-0.3, -0.25) is 4.79 Å². The van der Waals surface area contributed by atoms with Crippen molar-refractivity contribution in [2.75, 3.05) is 26.4 Å². The Hall–Kier alpha value is -1.40. The van der Waals surface area contributed by atoms with E-state index in [4.69, 9.17) is 0 Å². The van der Waals surface area contributed by atoms with Crippen molar-refractivity contribution in [1.82, 2.24) is 9.21 Å². The number of hydrogen-bond donors (Lipinski definition) is 0. The van der Waals surface area contributed by atoms with Gasteiger partial charge in [0, 0.05) is 26.1 Å². The van der Waals surface area contributed by atoms with Crippen molar-refractivity contribution in [3.63, 3.8) is 0 Å². The van der Waals surface area contributed by atoms with Crippen LogP contribution in [0.1, 0.15) is 36.9 Å². The zero-order chi connectivity index (χ0) is 17.2. The summed E-state index contributed by atoms with van der Waals surface area (Å²) in [7, 11) is -1.32. The molecule has 0 saturated carbocycles. The number of carbonyl (C=O) groups is 1. The maximum Gasteiger partial charge on any atom is 0.226 e. The third-order valence-corrected chi connectivity index (χ3v) is 6.06. The number of aryl methyl sites for hydroxylation is 1. The molecule has 6 heteroatoms. The second-order valence-corrected chi connectivity index (χ2v) is 8.45. The van der Waals surface area contributed by atoms with Crippen molar-refractivity contribution in [3.05, 3.63) is 35.4 Å². The summed E-state index contributed by atoms with van der Waals surface area (Å²) in [6.07, 6.45) is 2.41. The molecule has 1 aromatic carbocycles. The van der Waals surface area contributed by atoms with Crippen LogP contribution in [0.15, 0.2) is 24.3 Å². The van der Waals surface area contributed by atoms with Gasteiger partial charge in [-0.1, -0.05) is 29.8 Å². The number of carbonyl (C=O) groups excluding carboxylic acids is 1. The van der Waals surface area contributed by atoms with Crippen molar-refractivity contribution in [1.29, 1.82) is 0 Å². The topological polar surface area (TPSA) is 57.7 Å². The highest BCUT2D eigenvalue weighted by atomic mass is 32.2. The Morgan fingerprint density at radius 1 is 1.22 bits per heavy atom. The monoisotopic (exact) mass is 338 g/mol. The first-order valence-electron chi connectivity index (χ1n) is 7.98. The van der Waals surface area contributed by atoms with Crippen LogP contribution in [-0.4, -0.2) is 49.9 Å². The molecule has 0 radical (unpaired) electrons. The molecule has 128 valence electrons. The summed E-state index contributed by atoms with van der Waals surface area (Å²) in [5.41, 5.74) is 2.31. The summed E-state index contributed by atoms with van der Waals surface area (Å²) >= 11 is 0. The smallest absolute Gasteiger partial charge is 0.226 e. The van der Waals surface area contributed by atoms with Gasteiger partial charge in [-0.05, 0) is 32.3 Å². The Kier molecular flexibility index (Phi) is 5.47. The average Bonchev–Trinajstić information content (AvgIpc) is 2.53. The molecule has 1 fully saturated rings. The van der Waals surface area contributed by atoms with Gasteiger partial charge in [0.1, 0.15) is 0 Å². The molecule has 0 spiro atoms. The highest BCUT2D eigenvalue weighted by Crippen LogP contribution is 2.26. The first-order chi connectivity index (χ1) is 10.7. The lowest BCUT2D eigenvalue weighted by Gasteiger charge is -2.34. The molecule has 1 amide bonds. The minimum Gasteiger partial charge on any atom is -0.339 e. The van der Waals surface area contributed by atoms with Crippen LogP contribution in [0.2, 0.25) is 0 Å². The fourth-order valence-electron chi connectivity index (χ4n) is 2.98. The largest absolute Gasteiger partial charge is 0.339 e. The molecule has 1 aliphatic heterocycles. The van der Waals surface area contributed by atoms with Crippen molar-refractivity contribution < 1.29 is 13.2 Å². The van der Waals surface area contributed by atoms with Gasteiger partial charge in [0.05, 0.1) is 12.3 Å². The molecular formula is C17H26N2O3S. The molecule has 0 aliphatic carbocycles. The Bertz CT molecular complexity index is 647. The molecule has 0 bridgehead atoms. The number of amides is 1. The minimum atomic E-state index is -3.15. The molecule has 1 heterocycles. The predicted octanol–water partition coefficient (Wildman–Crippen LogP) is 2.19. The van der Waals surface area contributed by atoms with Gasteiger partial charge < -0.3 is 4.90 Å². The lowest BCUT2D eigenvalue weighted by Crippen LogP contribution is -2.43. The number of nitrogens with zero attached hydrogens (tertiary/aromatic N) is 2. The van der Waals surface area contributed by atoms with Gasteiger partial charge in [0.2, 0.25) is 15.9 Å². The average molecular weight is 338 g/mol. The van der Waals surface area contributed by atoms with Gasteiger partial charge in [0.15, 0.2) is 0 Å². The fourth-order valence-corrected chi connectivity index (χ4v) is 3.86. The van der Waals surface area contributed by atoms with Gasteiger partial charge >= 0.3 is 0 Å². The molecule has 0 N–H and O–H groups in total. The van der Waals surface area contributed by atoms with E-state index in [1.807, 2.05) is 20.9 Å². The zero-order valence-electron chi connectivity index (χ0n) is 14.3. The quantitative estimate of drug-likeness (QED) is 0.845. The summed E-state index contributed by atoms with van der Waals surface area (Å²) in [4.78, 5) is 14.5. The molecule has 23 heavy (non-hydrogen) atoms. The van der Waals surface area contributed by atoms with Crippen LogP contribution in [0.5, 0.6) is 0 Å². The zero-order valence-corrected chi connectivity index (χ0v) is 15.1. The van der Waals surface area contributed by atoms with Crippen LogP contribution in [0.25, 0.3) is 0 Å². The fraction of sp³-hybridized carbons (Fsp3) is 0.588. The normalized spacial score (nSPS) is 18.6. The van der Waals surface area contributed by atoms with E-state index in [9.17, 15) is 13.2 Å². The highest BCUT2D eigenvalue weighted by Gasteiger charge is 2.31. The minimum absolute atomic E-state index is 0.0102. The standard InChI is InChI=1S/C17H26N2O3S/c1-13-5-7-15(8-6-13)14(2)18(3)17(20)16-9-11-19(12-10-16)23(4,21)22/h5-8,14,16H,9-12H2,1-4H3. The number of benzene rings is 1. The second kappa shape index (κ2) is 7.01. The van der Waals surface area contributed by atoms with Crippen LogP contribution >= 0.6 is 0 Å². The molecule has 1 aliphatic rings. The molecule has 1 aromatic rings. The maximum atomic E-state index is 12.7. The number of hydrogen-bond acceptors (Lipinski definition) is 3. The SMILES string of the molecule is Cc1ccc(C(C)N(C)C(=O)C2CCN(S(C)(=O)=O)CC2)cc1. The van der Waals surface area contributed by atoms with Crippen molar-refractivity contribution in [2.24, 2.45) is 5.92 Å². The van der Waals surface area contributed by atoms with Crippen LogP contribution in [-0.2, 0) is 14.8 Å². The summed E-state index contributed by atoms with van der Waals surface area (Å²) < 4.78 is 24.6. The molecular weight excluding hydrogens is 312 g/mol. The van der Waals surface area contributed by atoms with E-state index in [1.54, 1.807) is 4.90 Å². The third kappa shape index (κ3) is 4.32. The summed E-state index contributed by atoms with van der Waals surface area (Å²) in [6.45, 7) is 4.93. The lowest BCUT2D eigenvalue weighted by atomic mass is 9.95. The van der Waals surface area contributed by atoms with Crippen LogP contribution in [0.3, 0.4) is 0 Å². The summed E-state index contributed by atoms with van der Waals surface area (Å²) in [5.74, 6) is 0.0112. The van der Waals surface area contributed by atoms with Crippen molar-refractivity contribution >= 4 is 15.9 Å². The molecule has 1 saturated heterocycles. The van der Waals surface area contributed by atoms with E-state index in [-0.39, 0.29) is 17.9 Å². The Balaban J connectivity index is 1.99. The van der Waals surface area contributed by atoms with Crippen molar-refractivity contribution in [2.45, 2.75) is 32.7 Å². The summed E-state index contributed by atoms with van der Waals surface area (Å²) in [5, 5.41) is 0. The van der Waals surface area contributed by atoms with E-state index in [2.05, 4.69) is 24.3 Å². The lowest BCUT2D eigenvalue weighted by molar-refractivity contribution is -0.137. The molecule has 1 unspecified atom stereocenters. The van der Waals surface area contributed by atoms with E-state index < -0.39 is 10.0 Å². The van der Waals surface area contributed by atoms with Crippen LogP contribution < -0.4 is 0 Å². The molecule has 2 rings (SSSR count). The Morgan fingerprint density at radius 2 is 1.74 bits per heavy atom. The summed E-state index contributed by atoms with van der Waals surface area (Å²) in [6, 6.07) is 8.21. The molecule has 0 aromatic heterocycles. The van der Waals surface area contributed by atoms with Gasteiger partial charge in [-0.2, -0.15) is 0 Å². The highest BCUT2D eigenvalue weighted by molar-refractivity contribution is 7.88. The third-order valence-electron chi connectivity index (χ3n) is 4.76. The number of piperidine rings is 1. The van der Waals surface area contributed by atoms with Gasteiger partial charge in [0.25, 0.3) is 0 Å². The van der Waals surface area contributed by atoms with Gasteiger partial charge in [-0.15, -0.1) is 0 Å². The van der Waals surface area contributed by atoms with E-state index >= 15 is 0 Å². The second-order valence-electron chi connectivity index (χ2n) is 6.47. The number of sulfonamides is 1. The van der Waals surface area contributed by atoms with E-state index in [0.29, 0.717) is 25.9 Å². The van der Waals surface area contributed by atoms with Crippen molar-refractivity contribution in [3.8, 4) is 0 Å². The number of rotatable bonds is 4. The van der Waals surface area contributed by atoms with E-state index in [1.165, 1.54) is 16.1 Å². The Labute approximate surface area is 139 Å². The Morgan fingerprint density at radius 3 is 2.22 bits per heavy atom. The maximum absolute atomic E-state index is 12.7. The molecule has 1 atom stereocenters. The van der Waals surface area contributed by atoms with Crippen LogP contribution in [0.4, 0.5) is 0 Å². The van der Waals surface area contributed by atoms with E-state index in [0.717, 1.165) is 5.56 Å². The van der Waals surface area contributed by atoms with Gasteiger partial charge in [-0.25, -0.2) is 12.7 Å². The predicted molar refractivity (Wildman–Crippen MR) is 91.5 cm³/mol. The van der Waals surface area contributed by atoms with Crippen LogP contribution in [0, 0.1) is 12.8 Å². The first kappa shape index (κ1) is 17.9. The molecule has 5 nitrogen and oxygen atoms in total.